The topological polar surface area (TPSA) is 61.4 Å². The van der Waals surface area contributed by atoms with E-state index in [1.165, 1.54) is 0 Å². The molecule has 0 spiro atoms. The van der Waals surface area contributed by atoms with Crippen molar-refractivity contribution in [1.82, 2.24) is 5.32 Å². The van der Waals surface area contributed by atoms with E-state index >= 15 is 0 Å². The zero-order valence-electron chi connectivity index (χ0n) is 11.0. The first-order valence-electron chi connectivity index (χ1n) is 6.24. The molecule has 1 heterocycles. The summed E-state index contributed by atoms with van der Waals surface area (Å²) in [5, 5.41) is 15.8. The van der Waals surface area contributed by atoms with Crippen LogP contribution in [0.25, 0.3) is 0 Å². The van der Waals surface area contributed by atoms with Crippen LogP contribution in [0.4, 0.5) is 5.69 Å². The maximum Gasteiger partial charge on any atom is 0.229 e. The standard InChI is InChI=1S/C14H20N2O2/c1-9(17)14(2,3)16-13(18)11-8-15-12-7-5-4-6-10(11)12/h4-7,9,11,15,17H,8H2,1-3H3,(H,16,18). The third-order valence-electron chi connectivity index (χ3n) is 3.64. The predicted octanol–water partition coefficient (Wildman–Crippen LogP) is 1.47. The Morgan fingerprint density at radius 2 is 2.17 bits per heavy atom. The van der Waals surface area contributed by atoms with Crippen LogP contribution in [0.15, 0.2) is 24.3 Å². The lowest BCUT2D eigenvalue weighted by atomic mass is 9.95. The summed E-state index contributed by atoms with van der Waals surface area (Å²) in [6.07, 6.45) is -0.592. The Hall–Kier alpha value is -1.55. The first kappa shape index (κ1) is 12.9. The molecule has 1 aliphatic heterocycles. The van der Waals surface area contributed by atoms with Gasteiger partial charge in [0.2, 0.25) is 5.91 Å². The van der Waals surface area contributed by atoms with Crippen molar-refractivity contribution in [1.29, 1.82) is 0 Å². The van der Waals surface area contributed by atoms with Crippen LogP contribution in [0.2, 0.25) is 0 Å². The van der Waals surface area contributed by atoms with E-state index in [0.717, 1.165) is 11.3 Å². The van der Waals surface area contributed by atoms with Gasteiger partial charge in [0.25, 0.3) is 0 Å². The fraction of sp³-hybridized carbons (Fsp3) is 0.500. The normalized spacial score (nSPS) is 19.9. The summed E-state index contributed by atoms with van der Waals surface area (Å²) in [4.78, 5) is 12.3. The molecular weight excluding hydrogens is 228 g/mol. The molecule has 1 aromatic rings. The molecule has 0 saturated heterocycles. The second-order valence-electron chi connectivity index (χ2n) is 5.41. The molecule has 4 heteroatoms. The van der Waals surface area contributed by atoms with Crippen LogP contribution in [-0.2, 0) is 4.79 Å². The van der Waals surface area contributed by atoms with Gasteiger partial charge >= 0.3 is 0 Å². The van der Waals surface area contributed by atoms with Crippen molar-refractivity contribution < 1.29 is 9.90 Å². The zero-order valence-corrected chi connectivity index (χ0v) is 11.0. The van der Waals surface area contributed by atoms with Crippen LogP contribution < -0.4 is 10.6 Å². The van der Waals surface area contributed by atoms with E-state index in [1.807, 2.05) is 38.1 Å². The second kappa shape index (κ2) is 4.61. The van der Waals surface area contributed by atoms with Crippen LogP contribution >= 0.6 is 0 Å². The summed E-state index contributed by atoms with van der Waals surface area (Å²) in [7, 11) is 0. The Labute approximate surface area is 107 Å². The summed E-state index contributed by atoms with van der Waals surface area (Å²) < 4.78 is 0. The van der Waals surface area contributed by atoms with E-state index < -0.39 is 11.6 Å². The third-order valence-corrected chi connectivity index (χ3v) is 3.64. The number of hydrogen-bond acceptors (Lipinski definition) is 3. The number of benzene rings is 1. The molecule has 98 valence electrons. The first-order valence-corrected chi connectivity index (χ1v) is 6.24. The number of aliphatic hydroxyl groups excluding tert-OH is 1. The monoisotopic (exact) mass is 248 g/mol. The molecule has 2 atom stereocenters. The molecule has 0 bridgehead atoms. The highest BCUT2D eigenvalue weighted by atomic mass is 16.3. The highest BCUT2D eigenvalue weighted by Gasteiger charge is 2.33. The lowest BCUT2D eigenvalue weighted by Crippen LogP contribution is -2.52. The van der Waals surface area contributed by atoms with Crippen molar-refractivity contribution in [2.45, 2.75) is 38.3 Å². The van der Waals surface area contributed by atoms with Crippen molar-refractivity contribution >= 4 is 11.6 Å². The van der Waals surface area contributed by atoms with Crippen molar-refractivity contribution in [3.05, 3.63) is 29.8 Å². The zero-order chi connectivity index (χ0) is 13.3. The van der Waals surface area contributed by atoms with E-state index in [4.69, 9.17) is 0 Å². The molecule has 1 aromatic carbocycles. The van der Waals surface area contributed by atoms with Gasteiger partial charge < -0.3 is 15.7 Å². The van der Waals surface area contributed by atoms with E-state index in [9.17, 15) is 9.90 Å². The Morgan fingerprint density at radius 3 is 2.83 bits per heavy atom. The summed E-state index contributed by atoms with van der Waals surface area (Å²) in [6, 6.07) is 7.83. The van der Waals surface area contributed by atoms with Crippen LogP contribution in [0.3, 0.4) is 0 Å². The Kier molecular flexibility index (Phi) is 3.30. The highest BCUT2D eigenvalue weighted by Crippen LogP contribution is 2.31. The molecular formula is C14H20N2O2. The number of para-hydroxylation sites is 1. The maximum absolute atomic E-state index is 12.3. The van der Waals surface area contributed by atoms with E-state index in [2.05, 4.69) is 10.6 Å². The Morgan fingerprint density at radius 1 is 1.50 bits per heavy atom. The van der Waals surface area contributed by atoms with Crippen LogP contribution in [0, 0.1) is 0 Å². The van der Waals surface area contributed by atoms with Crippen molar-refractivity contribution in [3.8, 4) is 0 Å². The molecule has 18 heavy (non-hydrogen) atoms. The number of rotatable bonds is 3. The van der Waals surface area contributed by atoms with E-state index in [0.29, 0.717) is 6.54 Å². The predicted molar refractivity (Wildman–Crippen MR) is 71.6 cm³/mol. The van der Waals surface area contributed by atoms with Gasteiger partial charge in [-0.3, -0.25) is 4.79 Å². The second-order valence-corrected chi connectivity index (χ2v) is 5.41. The molecule has 4 nitrogen and oxygen atoms in total. The van der Waals surface area contributed by atoms with E-state index in [1.54, 1.807) is 6.92 Å². The molecule has 1 amide bonds. The van der Waals surface area contributed by atoms with Gasteiger partial charge in [-0.15, -0.1) is 0 Å². The van der Waals surface area contributed by atoms with Gasteiger partial charge in [-0.1, -0.05) is 18.2 Å². The summed E-state index contributed by atoms with van der Waals surface area (Å²) in [5.74, 6) is -0.224. The molecule has 0 aliphatic carbocycles. The number of amides is 1. The van der Waals surface area contributed by atoms with Crippen LogP contribution in [0.5, 0.6) is 0 Å². The van der Waals surface area contributed by atoms with Gasteiger partial charge in [0, 0.05) is 12.2 Å². The first-order chi connectivity index (χ1) is 8.42. The lowest BCUT2D eigenvalue weighted by molar-refractivity contribution is -0.125. The average Bonchev–Trinajstić information content (AvgIpc) is 2.71. The number of carbonyl (C=O) groups is 1. The lowest BCUT2D eigenvalue weighted by Gasteiger charge is -2.30. The maximum atomic E-state index is 12.3. The molecule has 0 aromatic heterocycles. The minimum atomic E-state index is -0.616. The number of fused-ring (bicyclic) bond motifs is 1. The number of aliphatic hydroxyl groups is 1. The Balaban J connectivity index is 2.13. The van der Waals surface area contributed by atoms with E-state index in [-0.39, 0.29) is 11.8 Å². The van der Waals surface area contributed by atoms with Gasteiger partial charge in [-0.2, -0.15) is 0 Å². The van der Waals surface area contributed by atoms with Crippen molar-refractivity contribution in [2.75, 3.05) is 11.9 Å². The Bertz CT molecular complexity index is 455. The summed E-state index contributed by atoms with van der Waals surface area (Å²) in [5.41, 5.74) is 1.43. The average molecular weight is 248 g/mol. The quantitative estimate of drug-likeness (QED) is 0.759. The van der Waals surface area contributed by atoms with Gasteiger partial charge in [-0.05, 0) is 32.4 Å². The van der Waals surface area contributed by atoms with Crippen molar-refractivity contribution in [2.24, 2.45) is 0 Å². The smallest absolute Gasteiger partial charge is 0.229 e. The third kappa shape index (κ3) is 2.34. The number of carbonyl (C=O) groups excluding carboxylic acids is 1. The molecule has 0 radical (unpaired) electrons. The molecule has 0 fully saturated rings. The highest BCUT2D eigenvalue weighted by molar-refractivity contribution is 5.88. The minimum absolute atomic E-state index is 0.0432. The van der Waals surface area contributed by atoms with Gasteiger partial charge in [0.15, 0.2) is 0 Å². The summed E-state index contributed by atoms with van der Waals surface area (Å²) in [6.45, 7) is 5.94. The SMILES string of the molecule is CC(O)C(C)(C)NC(=O)C1CNc2ccccc21. The number of nitrogens with one attached hydrogen (secondary N) is 2. The molecule has 2 rings (SSSR count). The van der Waals surface area contributed by atoms with Gasteiger partial charge in [0.05, 0.1) is 17.6 Å². The number of anilines is 1. The van der Waals surface area contributed by atoms with Crippen LogP contribution in [-0.4, -0.2) is 29.2 Å². The fourth-order valence-electron chi connectivity index (χ4n) is 2.03. The largest absolute Gasteiger partial charge is 0.391 e. The molecule has 1 aliphatic rings. The van der Waals surface area contributed by atoms with Crippen LogP contribution in [0.1, 0.15) is 32.3 Å². The van der Waals surface area contributed by atoms with Gasteiger partial charge in [0.1, 0.15) is 0 Å². The fourth-order valence-corrected chi connectivity index (χ4v) is 2.03. The molecule has 2 unspecified atom stereocenters. The number of hydrogen-bond donors (Lipinski definition) is 3. The van der Waals surface area contributed by atoms with Gasteiger partial charge in [-0.25, -0.2) is 0 Å². The minimum Gasteiger partial charge on any atom is -0.391 e. The summed E-state index contributed by atoms with van der Waals surface area (Å²) >= 11 is 0. The molecule has 3 N–H and O–H groups in total. The van der Waals surface area contributed by atoms with Crippen molar-refractivity contribution in [3.63, 3.8) is 0 Å². The molecule has 0 saturated carbocycles.